The van der Waals surface area contributed by atoms with Gasteiger partial charge in [-0.25, -0.2) is 8.78 Å². The number of nitrogens with one attached hydrogen (secondary N) is 2. The van der Waals surface area contributed by atoms with Crippen LogP contribution in [0.3, 0.4) is 0 Å². The summed E-state index contributed by atoms with van der Waals surface area (Å²) in [4.78, 5) is 11.7. The second-order valence-electron chi connectivity index (χ2n) is 4.35. The number of aliphatic hydroxyl groups excluding tert-OH is 1. The molecule has 1 aromatic carbocycles. The minimum absolute atomic E-state index is 0. The number of carbonyl (C=O) groups is 1. The first-order valence-electron chi connectivity index (χ1n) is 5.69. The summed E-state index contributed by atoms with van der Waals surface area (Å²) in [7, 11) is 0. The van der Waals surface area contributed by atoms with Gasteiger partial charge in [0, 0.05) is 37.2 Å². The fraction of sp³-hybridized carbons (Fsp3) is 0.417. The predicted octanol–water partition coefficient (Wildman–Crippen LogP) is 0.697. The Morgan fingerprint density at radius 2 is 1.95 bits per heavy atom. The Bertz CT molecular complexity index is 439. The molecule has 1 heterocycles. The normalized spacial score (nSPS) is 21.8. The first-order valence-corrected chi connectivity index (χ1v) is 5.69. The molecule has 0 saturated carbocycles. The van der Waals surface area contributed by atoms with Crippen molar-refractivity contribution in [1.82, 2.24) is 10.6 Å². The van der Waals surface area contributed by atoms with Gasteiger partial charge in [-0.15, -0.1) is 12.4 Å². The molecule has 0 aromatic heterocycles. The fourth-order valence-corrected chi connectivity index (χ4v) is 1.94. The number of β-amino-alcohol motifs (C(OH)–C–C–N with tert-alkyl or cyclic N) is 1. The molecule has 19 heavy (non-hydrogen) atoms. The van der Waals surface area contributed by atoms with E-state index in [0.717, 1.165) is 12.1 Å². The molecule has 2 unspecified atom stereocenters. The molecule has 0 spiro atoms. The van der Waals surface area contributed by atoms with Crippen molar-refractivity contribution < 1.29 is 18.7 Å². The summed E-state index contributed by atoms with van der Waals surface area (Å²) < 4.78 is 25.8. The average molecular weight is 293 g/mol. The zero-order valence-electron chi connectivity index (χ0n) is 10.0. The Morgan fingerprint density at radius 1 is 1.32 bits per heavy atom. The molecule has 1 saturated heterocycles. The summed E-state index contributed by atoms with van der Waals surface area (Å²) in [6, 6.07) is 2.66. The van der Waals surface area contributed by atoms with Crippen LogP contribution in [0.5, 0.6) is 0 Å². The molecule has 1 aliphatic heterocycles. The lowest BCUT2D eigenvalue weighted by atomic mass is 10.1. The molecule has 2 rings (SSSR count). The molecule has 1 aliphatic rings. The van der Waals surface area contributed by atoms with Crippen LogP contribution < -0.4 is 10.6 Å². The third kappa shape index (κ3) is 4.12. The monoisotopic (exact) mass is 292 g/mol. The third-order valence-corrected chi connectivity index (χ3v) is 2.95. The number of hydrogen-bond acceptors (Lipinski definition) is 3. The molecule has 1 fully saturated rings. The zero-order valence-corrected chi connectivity index (χ0v) is 10.8. The predicted molar refractivity (Wildman–Crippen MR) is 68.3 cm³/mol. The van der Waals surface area contributed by atoms with Crippen LogP contribution in [0.15, 0.2) is 18.2 Å². The lowest BCUT2D eigenvalue weighted by molar-refractivity contribution is 0.0926. The maximum Gasteiger partial charge on any atom is 0.251 e. The quantitative estimate of drug-likeness (QED) is 0.768. The fourth-order valence-electron chi connectivity index (χ4n) is 1.94. The number of amides is 1. The molecule has 0 bridgehead atoms. The Kier molecular flexibility index (Phi) is 5.65. The van der Waals surface area contributed by atoms with E-state index in [-0.39, 0.29) is 30.4 Å². The summed E-state index contributed by atoms with van der Waals surface area (Å²) in [5.74, 6) is -2.20. The van der Waals surface area contributed by atoms with Crippen molar-refractivity contribution in [1.29, 1.82) is 0 Å². The number of carbonyl (C=O) groups excluding carboxylic acids is 1. The Labute approximate surface area is 115 Å². The lowest BCUT2D eigenvalue weighted by Crippen LogP contribution is -2.34. The largest absolute Gasteiger partial charge is 0.391 e. The van der Waals surface area contributed by atoms with Crippen LogP contribution in [0.4, 0.5) is 8.78 Å². The van der Waals surface area contributed by atoms with E-state index >= 15 is 0 Å². The molecule has 4 nitrogen and oxygen atoms in total. The number of hydrogen-bond donors (Lipinski definition) is 3. The first kappa shape index (κ1) is 15.8. The second kappa shape index (κ2) is 6.79. The highest BCUT2D eigenvalue weighted by atomic mass is 35.5. The van der Waals surface area contributed by atoms with Gasteiger partial charge < -0.3 is 15.7 Å². The molecular formula is C12H15ClF2N2O2. The van der Waals surface area contributed by atoms with Crippen LogP contribution in [0.1, 0.15) is 10.4 Å². The van der Waals surface area contributed by atoms with Crippen molar-refractivity contribution in [3.63, 3.8) is 0 Å². The Hall–Kier alpha value is -1.24. The van der Waals surface area contributed by atoms with Crippen LogP contribution in [0.25, 0.3) is 0 Å². The Balaban J connectivity index is 0.00000180. The van der Waals surface area contributed by atoms with Gasteiger partial charge in [0.05, 0.1) is 6.10 Å². The van der Waals surface area contributed by atoms with Crippen molar-refractivity contribution >= 4 is 18.3 Å². The van der Waals surface area contributed by atoms with Crippen LogP contribution in [-0.2, 0) is 0 Å². The van der Waals surface area contributed by atoms with Gasteiger partial charge in [-0.3, -0.25) is 4.79 Å². The number of rotatable bonds is 3. The van der Waals surface area contributed by atoms with E-state index in [4.69, 9.17) is 0 Å². The minimum Gasteiger partial charge on any atom is -0.391 e. The van der Waals surface area contributed by atoms with Crippen LogP contribution in [-0.4, -0.2) is 36.8 Å². The SMILES string of the molecule is Cl.O=C(NCC1CNCC1O)c1cc(F)cc(F)c1. The van der Waals surface area contributed by atoms with Gasteiger partial charge in [-0.1, -0.05) is 0 Å². The summed E-state index contributed by atoms with van der Waals surface area (Å²) in [5.41, 5.74) is -0.0621. The van der Waals surface area contributed by atoms with Gasteiger partial charge >= 0.3 is 0 Å². The summed E-state index contributed by atoms with van der Waals surface area (Å²) in [5, 5.41) is 15.1. The van der Waals surface area contributed by atoms with E-state index in [1.807, 2.05) is 0 Å². The number of halogens is 3. The van der Waals surface area contributed by atoms with Crippen molar-refractivity contribution in [2.75, 3.05) is 19.6 Å². The summed E-state index contributed by atoms with van der Waals surface area (Å²) in [6.07, 6.45) is -0.505. The van der Waals surface area contributed by atoms with Gasteiger partial charge in [0.1, 0.15) is 11.6 Å². The van der Waals surface area contributed by atoms with Crippen LogP contribution in [0.2, 0.25) is 0 Å². The smallest absolute Gasteiger partial charge is 0.251 e. The van der Waals surface area contributed by atoms with Crippen molar-refractivity contribution in [3.8, 4) is 0 Å². The van der Waals surface area contributed by atoms with Crippen molar-refractivity contribution in [3.05, 3.63) is 35.4 Å². The van der Waals surface area contributed by atoms with E-state index in [1.54, 1.807) is 0 Å². The summed E-state index contributed by atoms with van der Waals surface area (Å²) in [6.45, 7) is 1.37. The van der Waals surface area contributed by atoms with Crippen molar-refractivity contribution in [2.45, 2.75) is 6.10 Å². The highest BCUT2D eigenvalue weighted by molar-refractivity contribution is 5.94. The molecule has 1 amide bonds. The minimum atomic E-state index is -0.789. The van der Waals surface area contributed by atoms with Crippen molar-refractivity contribution in [2.24, 2.45) is 5.92 Å². The lowest BCUT2D eigenvalue weighted by Gasteiger charge is -2.14. The van der Waals surface area contributed by atoms with Gasteiger partial charge in [0.15, 0.2) is 0 Å². The highest BCUT2D eigenvalue weighted by Gasteiger charge is 2.25. The van der Waals surface area contributed by atoms with Gasteiger partial charge in [-0.05, 0) is 12.1 Å². The van der Waals surface area contributed by atoms with E-state index in [9.17, 15) is 18.7 Å². The zero-order chi connectivity index (χ0) is 13.1. The first-order chi connectivity index (χ1) is 8.56. The molecule has 106 valence electrons. The molecule has 0 aliphatic carbocycles. The average Bonchev–Trinajstić information content (AvgIpc) is 2.70. The van der Waals surface area contributed by atoms with E-state index in [2.05, 4.69) is 10.6 Å². The standard InChI is InChI=1S/C12H14F2N2O2.ClH/c13-9-1-7(2-10(14)3-9)12(18)16-5-8-4-15-6-11(8)17;/h1-3,8,11,15,17H,4-6H2,(H,16,18);1H. The highest BCUT2D eigenvalue weighted by Crippen LogP contribution is 2.10. The van der Waals surface area contributed by atoms with Gasteiger partial charge in [0.2, 0.25) is 0 Å². The maximum absolute atomic E-state index is 12.9. The maximum atomic E-state index is 12.9. The van der Waals surface area contributed by atoms with E-state index in [1.165, 1.54) is 0 Å². The second-order valence-corrected chi connectivity index (χ2v) is 4.35. The summed E-state index contributed by atoms with van der Waals surface area (Å²) >= 11 is 0. The van der Waals surface area contributed by atoms with Gasteiger partial charge in [0.25, 0.3) is 5.91 Å². The van der Waals surface area contributed by atoms with Crippen LogP contribution in [0, 0.1) is 17.6 Å². The molecule has 3 N–H and O–H groups in total. The third-order valence-electron chi connectivity index (χ3n) is 2.95. The number of aliphatic hydroxyl groups is 1. The Morgan fingerprint density at radius 3 is 2.47 bits per heavy atom. The topological polar surface area (TPSA) is 61.4 Å². The molecule has 1 aromatic rings. The van der Waals surface area contributed by atoms with E-state index in [0.29, 0.717) is 19.2 Å². The molecule has 2 atom stereocenters. The van der Waals surface area contributed by atoms with Gasteiger partial charge in [-0.2, -0.15) is 0 Å². The molecule has 0 radical (unpaired) electrons. The molecular weight excluding hydrogens is 278 g/mol. The van der Waals surface area contributed by atoms with Crippen LogP contribution >= 0.6 is 12.4 Å². The number of benzene rings is 1. The molecule has 7 heteroatoms. The van der Waals surface area contributed by atoms with E-state index < -0.39 is 23.6 Å².